The number of alkyl halides is 2. The summed E-state index contributed by atoms with van der Waals surface area (Å²) in [7, 11) is 0. The van der Waals surface area contributed by atoms with Crippen LogP contribution < -0.4 is 5.32 Å². The summed E-state index contributed by atoms with van der Waals surface area (Å²) in [6.07, 6.45) is -1.68. The Balaban J connectivity index is 3.37. The van der Waals surface area contributed by atoms with E-state index in [0.29, 0.717) is 0 Å². The summed E-state index contributed by atoms with van der Waals surface area (Å²) in [5, 5.41) is 1.99. The Bertz CT molecular complexity index is 586. The molecule has 0 aliphatic rings. The number of amides is 1. The molecule has 24 heavy (non-hydrogen) atoms. The summed E-state index contributed by atoms with van der Waals surface area (Å²) in [6.45, 7) is 3.39. The molecule has 0 radical (unpaired) electrons. The number of ketones is 1. The van der Waals surface area contributed by atoms with E-state index in [-0.39, 0.29) is 12.2 Å². The molecule has 1 N–H and O–H groups in total. The van der Waals surface area contributed by atoms with Crippen LogP contribution in [0.5, 0.6) is 0 Å². The lowest BCUT2D eigenvalue weighted by Gasteiger charge is -2.38. The maximum absolute atomic E-state index is 15.1. The van der Waals surface area contributed by atoms with Crippen molar-refractivity contribution in [3.8, 4) is 0 Å². The molecule has 1 rings (SSSR count). The van der Waals surface area contributed by atoms with E-state index in [9.17, 15) is 14.4 Å². The zero-order valence-electron chi connectivity index (χ0n) is 13.9. The molecule has 0 saturated heterocycles. The molecule has 0 saturated carbocycles. The third-order valence-corrected chi connectivity index (χ3v) is 3.42. The second-order valence-corrected chi connectivity index (χ2v) is 5.55. The predicted octanol–water partition coefficient (Wildman–Crippen LogP) is 2.28. The van der Waals surface area contributed by atoms with Crippen LogP contribution in [0.25, 0.3) is 0 Å². The van der Waals surface area contributed by atoms with Crippen molar-refractivity contribution in [1.29, 1.82) is 0 Å². The van der Waals surface area contributed by atoms with Crippen LogP contribution in [0, 0.1) is 0 Å². The minimum atomic E-state index is -3.72. The summed E-state index contributed by atoms with van der Waals surface area (Å²) < 4.78 is 34.9. The van der Waals surface area contributed by atoms with Crippen LogP contribution in [0.4, 0.5) is 8.78 Å². The second kappa shape index (κ2) is 7.99. The first-order chi connectivity index (χ1) is 11.1. The molecule has 1 aromatic carbocycles. The van der Waals surface area contributed by atoms with E-state index < -0.39 is 42.0 Å². The number of nitrogens with one attached hydrogen (secondary N) is 1. The van der Waals surface area contributed by atoms with Crippen molar-refractivity contribution in [1.82, 2.24) is 5.32 Å². The fourth-order valence-corrected chi connectivity index (χ4v) is 2.47. The molecule has 5 nitrogen and oxygen atoms in total. The van der Waals surface area contributed by atoms with Gasteiger partial charge in [0.2, 0.25) is 11.4 Å². The summed E-state index contributed by atoms with van der Waals surface area (Å²) >= 11 is 0. The highest BCUT2D eigenvalue weighted by atomic mass is 19.3. The Kier molecular flexibility index (Phi) is 6.57. The van der Waals surface area contributed by atoms with Gasteiger partial charge >= 0.3 is 5.97 Å². The standard InChI is InChI=1S/C17H21F2NO4/c1-4-24-15(23)16(10-12(2)21,20-13(3)22)17(18,19)11-14-8-6-5-7-9-14/h5-9H,4,10-11H2,1-3H3,(H,20,22). The molecule has 0 aromatic heterocycles. The maximum atomic E-state index is 15.1. The Morgan fingerprint density at radius 3 is 2.17 bits per heavy atom. The lowest BCUT2D eigenvalue weighted by atomic mass is 9.82. The number of Topliss-reactive ketones (excluding diaryl/α,β-unsaturated/α-hetero) is 1. The molecule has 1 aromatic rings. The second-order valence-electron chi connectivity index (χ2n) is 5.55. The Morgan fingerprint density at radius 1 is 1.12 bits per heavy atom. The summed E-state index contributed by atoms with van der Waals surface area (Å²) in [5.41, 5.74) is -2.47. The summed E-state index contributed by atoms with van der Waals surface area (Å²) in [5.74, 6) is -6.56. The predicted molar refractivity (Wildman–Crippen MR) is 83.6 cm³/mol. The Labute approximate surface area is 139 Å². The first kappa shape index (κ1) is 19.7. The number of esters is 1. The van der Waals surface area contributed by atoms with Gasteiger partial charge in [-0.3, -0.25) is 9.59 Å². The van der Waals surface area contributed by atoms with Crippen LogP contribution in [0.1, 0.15) is 32.8 Å². The van der Waals surface area contributed by atoms with Crippen molar-refractivity contribution < 1.29 is 27.9 Å². The van der Waals surface area contributed by atoms with Crippen LogP contribution in [0.2, 0.25) is 0 Å². The van der Waals surface area contributed by atoms with Crippen molar-refractivity contribution in [2.45, 2.75) is 45.1 Å². The van der Waals surface area contributed by atoms with Crippen LogP contribution in [0.15, 0.2) is 30.3 Å². The van der Waals surface area contributed by atoms with Gasteiger partial charge in [-0.2, -0.15) is 0 Å². The van der Waals surface area contributed by atoms with Gasteiger partial charge in [0.15, 0.2) is 0 Å². The minimum absolute atomic E-state index is 0.153. The van der Waals surface area contributed by atoms with Crippen molar-refractivity contribution in [2.75, 3.05) is 6.61 Å². The fourth-order valence-electron chi connectivity index (χ4n) is 2.47. The number of carbonyl (C=O) groups excluding carboxylic acids is 3. The lowest BCUT2D eigenvalue weighted by molar-refractivity contribution is -0.176. The molecule has 0 heterocycles. The first-order valence-electron chi connectivity index (χ1n) is 7.52. The van der Waals surface area contributed by atoms with E-state index in [2.05, 4.69) is 0 Å². The monoisotopic (exact) mass is 341 g/mol. The van der Waals surface area contributed by atoms with E-state index in [0.717, 1.165) is 13.8 Å². The number of ether oxygens (including phenoxy) is 1. The van der Waals surface area contributed by atoms with Gasteiger partial charge < -0.3 is 10.1 Å². The van der Waals surface area contributed by atoms with Crippen LogP contribution >= 0.6 is 0 Å². The average molecular weight is 341 g/mol. The quantitative estimate of drug-likeness (QED) is 0.736. The van der Waals surface area contributed by atoms with Gasteiger partial charge in [0, 0.05) is 19.8 Å². The third-order valence-electron chi connectivity index (χ3n) is 3.42. The minimum Gasteiger partial charge on any atom is -0.464 e. The molecule has 0 bridgehead atoms. The number of halogens is 2. The van der Waals surface area contributed by atoms with Gasteiger partial charge in [0.1, 0.15) is 5.78 Å². The molecule has 1 amide bonds. The molecule has 7 heteroatoms. The van der Waals surface area contributed by atoms with E-state index in [1.807, 2.05) is 5.32 Å². The van der Waals surface area contributed by atoms with Crippen molar-refractivity contribution in [3.63, 3.8) is 0 Å². The van der Waals surface area contributed by atoms with Gasteiger partial charge in [-0.15, -0.1) is 0 Å². The van der Waals surface area contributed by atoms with Gasteiger partial charge in [-0.25, -0.2) is 13.6 Å². The van der Waals surface area contributed by atoms with E-state index in [1.165, 1.54) is 19.1 Å². The smallest absolute Gasteiger partial charge is 0.338 e. The van der Waals surface area contributed by atoms with Gasteiger partial charge in [0.05, 0.1) is 6.61 Å². The van der Waals surface area contributed by atoms with Gasteiger partial charge in [-0.1, -0.05) is 30.3 Å². The van der Waals surface area contributed by atoms with Crippen molar-refractivity contribution in [3.05, 3.63) is 35.9 Å². The fraction of sp³-hybridized carbons (Fsp3) is 0.471. The molecule has 1 atom stereocenters. The number of hydrogen-bond donors (Lipinski definition) is 1. The first-order valence-corrected chi connectivity index (χ1v) is 7.52. The van der Waals surface area contributed by atoms with Crippen LogP contribution in [-0.4, -0.2) is 35.7 Å². The average Bonchev–Trinajstić information content (AvgIpc) is 2.46. The number of benzene rings is 1. The number of hydrogen-bond acceptors (Lipinski definition) is 4. The molecular weight excluding hydrogens is 320 g/mol. The molecule has 0 aliphatic heterocycles. The summed E-state index contributed by atoms with van der Waals surface area (Å²) in [6, 6.07) is 7.79. The lowest BCUT2D eigenvalue weighted by Crippen LogP contribution is -2.67. The van der Waals surface area contributed by atoms with Crippen LogP contribution in [-0.2, 0) is 25.5 Å². The normalized spacial score (nSPS) is 13.7. The molecule has 0 aliphatic carbocycles. The zero-order chi connectivity index (χ0) is 18.4. The largest absolute Gasteiger partial charge is 0.464 e. The van der Waals surface area contributed by atoms with Crippen molar-refractivity contribution in [2.24, 2.45) is 0 Å². The molecule has 0 fully saturated rings. The third kappa shape index (κ3) is 4.59. The zero-order valence-corrected chi connectivity index (χ0v) is 13.9. The highest BCUT2D eigenvalue weighted by Crippen LogP contribution is 2.36. The van der Waals surface area contributed by atoms with Gasteiger partial charge in [0.25, 0.3) is 5.92 Å². The van der Waals surface area contributed by atoms with Crippen LogP contribution in [0.3, 0.4) is 0 Å². The highest BCUT2D eigenvalue weighted by Gasteiger charge is 2.61. The Morgan fingerprint density at radius 2 is 1.71 bits per heavy atom. The molecule has 0 spiro atoms. The summed E-state index contributed by atoms with van der Waals surface area (Å²) in [4.78, 5) is 35.3. The van der Waals surface area contributed by atoms with E-state index in [4.69, 9.17) is 4.74 Å². The highest BCUT2D eigenvalue weighted by molar-refractivity contribution is 5.93. The molecule has 1 unspecified atom stereocenters. The van der Waals surface area contributed by atoms with E-state index >= 15 is 8.78 Å². The number of carbonyl (C=O) groups is 3. The Hall–Kier alpha value is -2.31. The van der Waals surface area contributed by atoms with Crippen molar-refractivity contribution >= 4 is 17.7 Å². The van der Waals surface area contributed by atoms with Gasteiger partial charge in [-0.05, 0) is 19.4 Å². The molecule has 132 valence electrons. The maximum Gasteiger partial charge on any atom is 0.338 e. The van der Waals surface area contributed by atoms with E-state index in [1.54, 1.807) is 18.2 Å². The topological polar surface area (TPSA) is 72.5 Å². The number of rotatable bonds is 8. The molecular formula is C17H21F2NO4. The SMILES string of the molecule is CCOC(=O)C(CC(C)=O)(NC(C)=O)C(F)(F)Cc1ccccc1.